The molecule has 0 N–H and O–H groups in total. The molecule has 0 saturated carbocycles. The average molecular weight is 228 g/mol. The molecule has 1 rings (SSSR count). The lowest BCUT2D eigenvalue weighted by molar-refractivity contribution is 0.0458. The molecule has 0 aliphatic carbocycles. The Morgan fingerprint density at radius 1 is 0.750 bits per heavy atom. The Bertz CT molecular complexity index is 287. The molecular weight excluding hydrogens is 212 g/mol. The molecule has 5 nitrogen and oxygen atoms in total. The van der Waals surface area contributed by atoms with E-state index in [-0.39, 0.29) is 13.6 Å². The van der Waals surface area contributed by atoms with Gasteiger partial charge >= 0.3 is 0 Å². The standard InChI is InChI=1S/C11H16O5/c1-12-7-15-10-4-9(14-3)5-11(6-10)16-8-13-2/h4-6H,7-8H2,1-3H3. The van der Waals surface area contributed by atoms with Gasteiger partial charge in [0.05, 0.1) is 7.11 Å². The van der Waals surface area contributed by atoms with Gasteiger partial charge in [0.2, 0.25) is 0 Å². The van der Waals surface area contributed by atoms with E-state index in [4.69, 9.17) is 23.7 Å². The molecule has 0 aliphatic heterocycles. The summed E-state index contributed by atoms with van der Waals surface area (Å²) in [6.45, 7) is 0.355. The highest BCUT2D eigenvalue weighted by atomic mass is 16.7. The molecule has 0 fully saturated rings. The molecule has 0 saturated heterocycles. The van der Waals surface area contributed by atoms with Crippen molar-refractivity contribution in [2.75, 3.05) is 34.9 Å². The van der Waals surface area contributed by atoms with Crippen molar-refractivity contribution >= 4 is 0 Å². The van der Waals surface area contributed by atoms with E-state index in [1.54, 1.807) is 39.5 Å². The molecule has 90 valence electrons. The molecule has 0 bridgehead atoms. The van der Waals surface area contributed by atoms with Crippen molar-refractivity contribution in [3.05, 3.63) is 18.2 Å². The zero-order valence-corrected chi connectivity index (χ0v) is 9.69. The number of benzene rings is 1. The second-order valence-corrected chi connectivity index (χ2v) is 2.95. The van der Waals surface area contributed by atoms with Crippen molar-refractivity contribution in [3.63, 3.8) is 0 Å². The summed E-state index contributed by atoms with van der Waals surface area (Å²) in [5.74, 6) is 1.89. The second-order valence-electron chi connectivity index (χ2n) is 2.95. The van der Waals surface area contributed by atoms with Gasteiger partial charge < -0.3 is 23.7 Å². The molecule has 0 atom stereocenters. The van der Waals surface area contributed by atoms with Gasteiger partial charge in [-0.3, -0.25) is 0 Å². The van der Waals surface area contributed by atoms with E-state index >= 15 is 0 Å². The average Bonchev–Trinajstić information content (AvgIpc) is 2.33. The predicted molar refractivity (Wildman–Crippen MR) is 58.0 cm³/mol. The zero-order valence-electron chi connectivity index (χ0n) is 9.69. The van der Waals surface area contributed by atoms with Crippen LogP contribution in [0.4, 0.5) is 0 Å². The summed E-state index contributed by atoms with van der Waals surface area (Å²) >= 11 is 0. The Morgan fingerprint density at radius 2 is 1.19 bits per heavy atom. The van der Waals surface area contributed by atoms with Crippen molar-refractivity contribution < 1.29 is 23.7 Å². The molecule has 0 heterocycles. The van der Waals surface area contributed by atoms with Crippen LogP contribution < -0.4 is 14.2 Å². The lowest BCUT2D eigenvalue weighted by Crippen LogP contribution is -2.02. The first kappa shape index (κ1) is 12.6. The van der Waals surface area contributed by atoms with E-state index in [9.17, 15) is 0 Å². The van der Waals surface area contributed by atoms with Gasteiger partial charge in [-0.25, -0.2) is 0 Å². The maximum Gasteiger partial charge on any atom is 0.188 e. The van der Waals surface area contributed by atoms with Gasteiger partial charge in [-0.2, -0.15) is 0 Å². The third-order valence-corrected chi connectivity index (χ3v) is 1.78. The normalized spacial score (nSPS) is 9.94. The molecule has 1 aromatic rings. The fraction of sp³-hybridized carbons (Fsp3) is 0.455. The van der Waals surface area contributed by atoms with Crippen molar-refractivity contribution in [2.24, 2.45) is 0 Å². The summed E-state index contributed by atoms with van der Waals surface area (Å²) in [7, 11) is 4.69. The van der Waals surface area contributed by atoms with Crippen molar-refractivity contribution in [1.29, 1.82) is 0 Å². The SMILES string of the molecule is COCOc1cc(OC)cc(OCOC)c1. The van der Waals surface area contributed by atoms with E-state index < -0.39 is 0 Å². The highest BCUT2D eigenvalue weighted by Crippen LogP contribution is 2.27. The number of methoxy groups -OCH3 is 3. The van der Waals surface area contributed by atoms with Crippen LogP contribution in [0, 0.1) is 0 Å². The first-order valence-electron chi connectivity index (χ1n) is 4.72. The summed E-state index contributed by atoms with van der Waals surface area (Å²) in [4.78, 5) is 0. The van der Waals surface area contributed by atoms with Crippen molar-refractivity contribution in [1.82, 2.24) is 0 Å². The molecule has 0 unspecified atom stereocenters. The smallest absolute Gasteiger partial charge is 0.188 e. The molecule has 0 radical (unpaired) electrons. The summed E-state index contributed by atoms with van der Waals surface area (Å²) in [5, 5.41) is 0. The van der Waals surface area contributed by atoms with Crippen LogP contribution in [0.25, 0.3) is 0 Å². The van der Waals surface area contributed by atoms with Gasteiger partial charge in [0.1, 0.15) is 17.2 Å². The minimum atomic E-state index is 0.177. The fourth-order valence-electron chi connectivity index (χ4n) is 1.08. The summed E-state index contributed by atoms with van der Waals surface area (Å²) < 4.78 is 25.3. The van der Waals surface area contributed by atoms with Crippen molar-refractivity contribution in [3.8, 4) is 17.2 Å². The molecule has 0 amide bonds. The minimum Gasteiger partial charge on any atom is -0.496 e. The Hall–Kier alpha value is -1.46. The molecule has 0 aromatic heterocycles. The summed E-state index contributed by atoms with van der Waals surface area (Å²) in [6.07, 6.45) is 0. The van der Waals surface area contributed by atoms with Gasteiger partial charge in [-0.15, -0.1) is 0 Å². The first-order chi connectivity index (χ1) is 7.80. The van der Waals surface area contributed by atoms with Gasteiger partial charge in [-0.05, 0) is 0 Å². The van der Waals surface area contributed by atoms with Crippen LogP contribution in [-0.4, -0.2) is 34.9 Å². The predicted octanol–water partition coefficient (Wildman–Crippen LogP) is 1.66. The van der Waals surface area contributed by atoms with E-state index in [1.165, 1.54) is 0 Å². The highest BCUT2D eigenvalue weighted by Gasteiger charge is 2.03. The van der Waals surface area contributed by atoms with E-state index in [0.717, 1.165) is 0 Å². The maximum atomic E-state index is 5.30. The monoisotopic (exact) mass is 228 g/mol. The Kier molecular flexibility index (Phi) is 5.45. The van der Waals surface area contributed by atoms with E-state index in [1.807, 2.05) is 0 Å². The number of ether oxygens (including phenoxy) is 5. The Balaban J connectivity index is 2.74. The van der Waals surface area contributed by atoms with E-state index in [0.29, 0.717) is 17.2 Å². The van der Waals surface area contributed by atoms with Crippen LogP contribution in [-0.2, 0) is 9.47 Å². The number of hydrogen-bond donors (Lipinski definition) is 0. The molecule has 1 aromatic carbocycles. The van der Waals surface area contributed by atoms with Gasteiger partial charge in [0.15, 0.2) is 13.6 Å². The summed E-state index contributed by atoms with van der Waals surface area (Å²) in [5.41, 5.74) is 0. The highest BCUT2D eigenvalue weighted by molar-refractivity contribution is 5.41. The third-order valence-electron chi connectivity index (χ3n) is 1.78. The van der Waals surface area contributed by atoms with E-state index in [2.05, 4.69) is 0 Å². The first-order valence-corrected chi connectivity index (χ1v) is 4.72. The molecule has 0 spiro atoms. The van der Waals surface area contributed by atoms with Gasteiger partial charge in [0.25, 0.3) is 0 Å². The third kappa shape index (κ3) is 3.96. The maximum absolute atomic E-state index is 5.30. The van der Waals surface area contributed by atoms with Crippen LogP contribution in [0.3, 0.4) is 0 Å². The van der Waals surface area contributed by atoms with Crippen LogP contribution >= 0.6 is 0 Å². The van der Waals surface area contributed by atoms with Crippen LogP contribution in [0.1, 0.15) is 0 Å². The van der Waals surface area contributed by atoms with Crippen LogP contribution in [0.15, 0.2) is 18.2 Å². The molecule has 0 aliphatic rings. The number of rotatable bonds is 7. The molecule has 5 heteroatoms. The Labute approximate surface area is 94.8 Å². The lowest BCUT2D eigenvalue weighted by Gasteiger charge is -2.10. The van der Waals surface area contributed by atoms with Gasteiger partial charge in [-0.1, -0.05) is 0 Å². The minimum absolute atomic E-state index is 0.177. The summed E-state index contributed by atoms with van der Waals surface area (Å²) in [6, 6.07) is 5.23. The molecule has 16 heavy (non-hydrogen) atoms. The van der Waals surface area contributed by atoms with Gasteiger partial charge in [0, 0.05) is 32.4 Å². The van der Waals surface area contributed by atoms with Crippen LogP contribution in [0.2, 0.25) is 0 Å². The largest absolute Gasteiger partial charge is 0.496 e. The number of hydrogen-bond acceptors (Lipinski definition) is 5. The lowest BCUT2D eigenvalue weighted by atomic mass is 10.3. The topological polar surface area (TPSA) is 46.2 Å². The zero-order chi connectivity index (χ0) is 11.8. The van der Waals surface area contributed by atoms with Crippen molar-refractivity contribution in [2.45, 2.75) is 0 Å². The molecular formula is C11H16O5. The van der Waals surface area contributed by atoms with Crippen LogP contribution in [0.5, 0.6) is 17.2 Å². The second kappa shape index (κ2) is 6.92. The fourth-order valence-corrected chi connectivity index (χ4v) is 1.08. The quantitative estimate of drug-likeness (QED) is 0.664. The Morgan fingerprint density at radius 3 is 1.56 bits per heavy atom.